The van der Waals surface area contributed by atoms with Gasteiger partial charge in [0.1, 0.15) is 5.00 Å². The smallest absolute Gasteiger partial charge is 0.259 e. The van der Waals surface area contributed by atoms with Crippen molar-refractivity contribution in [1.82, 2.24) is 0 Å². The molecule has 0 radical (unpaired) electrons. The monoisotopic (exact) mass is 574 g/mol. The predicted molar refractivity (Wildman–Crippen MR) is 148 cm³/mol. The van der Waals surface area contributed by atoms with E-state index in [1.165, 1.54) is 12.0 Å². The van der Waals surface area contributed by atoms with Gasteiger partial charge in [0.2, 0.25) is 0 Å². The molecule has 2 aromatic carbocycles. The first-order chi connectivity index (χ1) is 16.6. The highest BCUT2D eigenvalue weighted by Gasteiger charge is 2.33. The lowest BCUT2D eigenvalue weighted by molar-refractivity contribution is 0.102. The summed E-state index contributed by atoms with van der Waals surface area (Å²) in [5.41, 5.74) is 3.36. The number of aromatic hydroxyl groups is 1. The fourth-order valence-corrected chi connectivity index (χ4v) is 6.17. The number of ether oxygens (including phenoxy) is 1. The zero-order valence-corrected chi connectivity index (χ0v) is 23.3. The van der Waals surface area contributed by atoms with Gasteiger partial charge in [-0.15, -0.1) is 11.3 Å². The Labute approximate surface area is 223 Å². The van der Waals surface area contributed by atoms with Crippen LogP contribution in [0, 0.1) is 11.3 Å². The third kappa shape index (κ3) is 5.74. The van der Waals surface area contributed by atoms with Gasteiger partial charge in [-0.05, 0) is 94.1 Å². The lowest BCUT2D eigenvalue weighted by Crippen LogP contribution is -2.27. The van der Waals surface area contributed by atoms with Crippen LogP contribution in [0.4, 0.5) is 10.7 Å². The summed E-state index contributed by atoms with van der Waals surface area (Å²) in [5.74, 6) is 0.762. The molecule has 184 valence electrons. The molecule has 2 N–H and O–H groups in total. The molecule has 1 amide bonds. The molecule has 0 saturated carbocycles. The Balaban J connectivity index is 1.72. The summed E-state index contributed by atoms with van der Waals surface area (Å²) in [6.45, 7) is 6.83. The number of phenols is 1. The van der Waals surface area contributed by atoms with Crippen LogP contribution in [0.1, 0.15) is 53.6 Å². The summed E-state index contributed by atoms with van der Waals surface area (Å²) >= 11 is 10.9. The number of anilines is 1. The molecule has 0 bridgehead atoms. The van der Waals surface area contributed by atoms with Crippen LogP contribution in [0.5, 0.6) is 11.5 Å². The second-order valence-electron chi connectivity index (χ2n) is 9.76. The number of aliphatic imine (C=N–C) groups is 1. The van der Waals surface area contributed by atoms with Gasteiger partial charge in [0.05, 0.1) is 17.1 Å². The number of thiophene rings is 1. The summed E-state index contributed by atoms with van der Waals surface area (Å²) in [7, 11) is 1.50. The number of hydrogen-bond donors (Lipinski definition) is 2. The molecule has 0 saturated heterocycles. The molecule has 1 atom stereocenters. The molecule has 1 aromatic heterocycles. The molecule has 5 nitrogen and oxygen atoms in total. The summed E-state index contributed by atoms with van der Waals surface area (Å²) in [5, 5.41) is 14.4. The van der Waals surface area contributed by atoms with Crippen LogP contribution < -0.4 is 10.1 Å². The van der Waals surface area contributed by atoms with Crippen molar-refractivity contribution in [1.29, 1.82) is 0 Å². The number of halogens is 2. The number of rotatable bonds is 5. The molecular formula is C27H28BrClN2O3S. The Bertz CT molecular complexity index is 1280. The SMILES string of the molecule is COc1cc(C=Nc2sc3c(c2C(=O)Nc2ccc(Cl)cc2)CC[C@H](C(C)(C)C)C3)cc(Br)c1O. The van der Waals surface area contributed by atoms with E-state index < -0.39 is 0 Å². The van der Waals surface area contributed by atoms with Crippen molar-refractivity contribution in [3.05, 3.63) is 67.5 Å². The number of phenolic OH excluding ortho intramolecular Hbond substituents is 1. The first-order valence-corrected chi connectivity index (χ1v) is 13.4. The number of carbonyl (C=O) groups is 1. The van der Waals surface area contributed by atoms with Crippen LogP contribution in [0.25, 0.3) is 0 Å². The van der Waals surface area contributed by atoms with Crippen molar-refractivity contribution in [2.75, 3.05) is 12.4 Å². The maximum atomic E-state index is 13.5. The van der Waals surface area contributed by atoms with Crippen molar-refractivity contribution in [2.24, 2.45) is 16.3 Å². The molecule has 4 rings (SSSR count). The highest BCUT2D eigenvalue weighted by atomic mass is 79.9. The van der Waals surface area contributed by atoms with E-state index in [1.807, 2.05) is 0 Å². The van der Waals surface area contributed by atoms with Gasteiger partial charge in [-0.3, -0.25) is 4.79 Å². The summed E-state index contributed by atoms with van der Waals surface area (Å²) < 4.78 is 5.76. The average molecular weight is 576 g/mol. The lowest BCUT2D eigenvalue weighted by atomic mass is 9.72. The second kappa shape index (κ2) is 10.3. The van der Waals surface area contributed by atoms with Gasteiger partial charge in [-0.2, -0.15) is 0 Å². The van der Waals surface area contributed by atoms with Crippen LogP contribution in [0.2, 0.25) is 5.02 Å². The highest BCUT2D eigenvalue weighted by molar-refractivity contribution is 9.10. The Kier molecular flexibility index (Phi) is 7.60. The van der Waals surface area contributed by atoms with E-state index in [0.29, 0.717) is 37.4 Å². The topological polar surface area (TPSA) is 70.9 Å². The first kappa shape index (κ1) is 25.7. The minimum absolute atomic E-state index is 0.0347. The van der Waals surface area contributed by atoms with Gasteiger partial charge in [0.25, 0.3) is 5.91 Å². The third-order valence-electron chi connectivity index (χ3n) is 6.40. The second-order valence-corrected chi connectivity index (χ2v) is 12.1. The molecule has 1 heterocycles. The van der Waals surface area contributed by atoms with Crippen molar-refractivity contribution >= 4 is 61.7 Å². The number of hydrogen-bond acceptors (Lipinski definition) is 5. The van der Waals surface area contributed by atoms with Crippen LogP contribution in [0.15, 0.2) is 45.9 Å². The maximum absolute atomic E-state index is 13.5. The molecule has 1 aliphatic carbocycles. The Morgan fingerprint density at radius 2 is 2.00 bits per heavy atom. The van der Waals surface area contributed by atoms with E-state index >= 15 is 0 Å². The van der Waals surface area contributed by atoms with Crippen molar-refractivity contribution in [3.63, 3.8) is 0 Å². The van der Waals surface area contributed by atoms with Crippen molar-refractivity contribution < 1.29 is 14.6 Å². The van der Waals surface area contributed by atoms with E-state index in [9.17, 15) is 9.90 Å². The fourth-order valence-electron chi connectivity index (χ4n) is 4.32. The number of nitrogens with one attached hydrogen (secondary N) is 1. The molecule has 8 heteroatoms. The summed E-state index contributed by atoms with van der Waals surface area (Å²) in [6.07, 6.45) is 4.54. The molecular weight excluding hydrogens is 548 g/mol. The van der Waals surface area contributed by atoms with Gasteiger partial charge in [0, 0.05) is 21.8 Å². The van der Waals surface area contributed by atoms with Crippen LogP contribution >= 0.6 is 38.9 Å². The maximum Gasteiger partial charge on any atom is 0.259 e. The number of amides is 1. The average Bonchev–Trinajstić information content (AvgIpc) is 3.18. The van der Waals surface area contributed by atoms with Gasteiger partial charge in [0.15, 0.2) is 11.5 Å². The van der Waals surface area contributed by atoms with E-state index in [0.717, 1.165) is 30.4 Å². The predicted octanol–water partition coefficient (Wildman–Crippen LogP) is 8.03. The minimum atomic E-state index is -0.171. The normalized spacial score (nSPS) is 15.8. The fraction of sp³-hybridized carbons (Fsp3) is 0.333. The van der Waals surface area contributed by atoms with Gasteiger partial charge >= 0.3 is 0 Å². The van der Waals surface area contributed by atoms with Crippen molar-refractivity contribution in [2.45, 2.75) is 40.0 Å². The molecule has 35 heavy (non-hydrogen) atoms. The zero-order chi connectivity index (χ0) is 25.3. The number of carbonyl (C=O) groups excluding carboxylic acids is 1. The molecule has 0 spiro atoms. The Hall–Kier alpha value is -2.35. The lowest BCUT2D eigenvalue weighted by Gasteiger charge is -2.33. The van der Waals surface area contributed by atoms with E-state index in [2.05, 4.69) is 42.0 Å². The van der Waals surface area contributed by atoms with Crippen LogP contribution in [-0.4, -0.2) is 24.3 Å². The van der Waals surface area contributed by atoms with Gasteiger partial charge in [-0.1, -0.05) is 32.4 Å². The highest BCUT2D eigenvalue weighted by Crippen LogP contribution is 2.45. The number of fused-ring (bicyclic) bond motifs is 1. The minimum Gasteiger partial charge on any atom is -0.503 e. The molecule has 0 fully saturated rings. The van der Waals surface area contributed by atoms with E-state index in [4.69, 9.17) is 21.3 Å². The number of methoxy groups -OCH3 is 1. The molecule has 3 aromatic rings. The largest absolute Gasteiger partial charge is 0.503 e. The Morgan fingerprint density at radius 3 is 2.66 bits per heavy atom. The first-order valence-electron chi connectivity index (χ1n) is 11.4. The summed E-state index contributed by atoms with van der Waals surface area (Å²) in [6, 6.07) is 10.6. The Morgan fingerprint density at radius 1 is 1.29 bits per heavy atom. The van der Waals surface area contributed by atoms with Crippen LogP contribution in [0.3, 0.4) is 0 Å². The van der Waals surface area contributed by atoms with Crippen molar-refractivity contribution in [3.8, 4) is 11.5 Å². The zero-order valence-electron chi connectivity index (χ0n) is 20.1. The number of nitrogens with zero attached hydrogens (tertiary/aromatic N) is 1. The standard InChI is InChI=1S/C27H28BrClN2O3S/c1-27(2,3)16-5-10-19-22(13-16)35-26(23(19)25(33)31-18-8-6-17(29)7-9-18)30-14-15-11-20(28)24(32)21(12-15)34-4/h6-9,11-12,14,16,32H,5,10,13H2,1-4H3,(H,31,33)/t16-/m0/s1. The van der Waals surface area contributed by atoms with Crippen LogP contribution in [-0.2, 0) is 12.8 Å². The number of benzene rings is 2. The van der Waals surface area contributed by atoms with E-state index in [-0.39, 0.29) is 17.1 Å². The molecule has 1 aliphatic rings. The quantitative estimate of drug-likeness (QED) is 0.303. The molecule has 0 aliphatic heterocycles. The van der Waals surface area contributed by atoms with Gasteiger partial charge in [-0.25, -0.2) is 4.99 Å². The van der Waals surface area contributed by atoms with E-state index in [1.54, 1.807) is 53.9 Å². The van der Waals surface area contributed by atoms with Gasteiger partial charge < -0.3 is 15.2 Å². The summed E-state index contributed by atoms with van der Waals surface area (Å²) in [4.78, 5) is 19.4. The third-order valence-corrected chi connectivity index (χ3v) is 8.42. The molecule has 0 unspecified atom stereocenters.